The van der Waals surface area contributed by atoms with Gasteiger partial charge in [0.25, 0.3) is 0 Å². The van der Waals surface area contributed by atoms with E-state index in [4.69, 9.17) is 0 Å². The Bertz CT molecular complexity index is 578. The van der Waals surface area contributed by atoms with Gasteiger partial charge < -0.3 is 10.6 Å². The summed E-state index contributed by atoms with van der Waals surface area (Å²) >= 11 is 1.77. The molecule has 0 aliphatic carbocycles. The van der Waals surface area contributed by atoms with Crippen molar-refractivity contribution in [3.8, 4) is 0 Å². The Morgan fingerprint density at radius 3 is 2.33 bits per heavy atom. The van der Waals surface area contributed by atoms with Crippen molar-refractivity contribution in [2.45, 2.75) is 26.7 Å². The van der Waals surface area contributed by atoms with Crippen LogP contribution in [0.25, 0.3) is 0 Å². The molecule has 0 radical (unpaired) electrons. The largest absolute Gasteiger partial charge is 0.338 e. The van der Waals surface area contributed by atoms with E-state index in [0.29, 0.717) is 13.1 Å². The number of carbonyl (C=O) groups excluding carboxylic acids is 1. The predicted octanol–water partition coefficient (Wildman–Crippen LogP) is 3.45. The van der Waals surface area contributed by atoms with Crippen molar-refractivity contribution < 1.29 is 4.79 Å². The van der Waals surface area contributed by atoms with Crippen molar-refractivity contribution in [3.05, 3.63) is 57.3 Å². The highest BCUT2D eigenvalue weighted by atomic mass is 32.1. The van der Waals surface area contributed by atoms with Crippen molar-refractivity contribution >= 4 is 17.4 Å². The molecule has 3 nitrogen and oxygen atoms in total. The maximum absolute atomic E-state index is 11.7. The first-order valence-electron chi connectivity index (χ1n) is 7.26. The van der Waals surface area contributed by atoms with Crippen LogP contribution < -0.4 is 10.6 Å². The Morgan fingerprint density at radius 2 is 1.71 bits per heavy atom. The normalized spacial score (nSPS) is 10.4. The lowest BCUT2D eigenvalue weighted by atomic mass is 10.1. The molecule has 21 heavy (non-hydrogen) atoms. The van der Waals surface area contributed by atoms with E-state index in [1.54, 1.807) is 11.3 Å². The van der Waals surface area contributed by atoms with Gasteiger partial charge in [0.1, 0.15) is 0 Å². The average Bonchev–Trinajstić information content (AvgIpc) is 2.80. The Labute approximate surface area is 130 Å². The number of benzene rings is 1. The standard InChI is InChI=1S/C17H22N2OS/c1-13-14(2)21-12-16(13)9-11-19-17(20)18-10-8-15-6-4-3-5-7-15/h3-7,12H,8-11H2,1-2H3,(H2,18,19,20). The van der Waals surface area contributed by atoms with Crippen LogP contribution in [-0.4, -0.2) is 19.1 Å². The van der Waals surface area contributed by atoms with Crippen LogP contribution in [0.4, 0.5) is 4.79 Å². The van der Waals surface area contributed by atoms with E-state index in [0.717, 1.165) is 12.8 Å². The first-order chi connectivity index (χ1) is 10.2. The topological polar surface area (TPSA) is 41.1 Å². The minimum Gasteiger partial charge on any atom is -0.338 e. The molecule has 1 aromatic carbocycles. The van der Waals surface area contributed by atoms with Crippen LogP contribution in [0.1, 0.15) is 21.6 Å². The highest BCUT2D eigenvalue weighted by Crippen LogP contribution is 2.20. The second kappa shape index (κ2) is 7.84. The number of rotatable bonds is 6. The minimum atomic E-state index is -0.0875. The maximum Gasteiger partial charge on any atom is 0.314 e. The fraction of sp³-hybridized carbons (Fsp3) is 0.353. The van der Waals surface area contributed by atoms with Gasteiger partial charge in [-0.25, -0.2) is 4.79 Å². The molecule has 0 aliphatic rings. The molecule has 112 valence electrons. The van der Waals surface area contributed by atoms with Gasteiger partial charge in [-0.15, -0.1) is 11.3 Å². The zero-order valence-corrected chi connectivity index (χ0v) is 13.4. The summed E-state index contributed by atoms with van der Waals surface area (Å²) in [6, 6.07) is 10.1. The smallest absolute Gasteiger partial charge is 0.314 e. The molecule has 4 heteroatoms. The van der Waals surface area contributed by atoms with E-state index < -0.39 is 0 Å². The molecule has 0 bridgehead atoms. The number of amides is 2. The molecular formula is C17H22N2OS. The van der Waals surface area contributed by atoms with Crippen molar-refractivity contribution in [3.63, 3.8) is 0 Å². The third-order valence-electron chi connectivity index (χ3n) is 3.61. The van der Waals surface area contributed by atoms with E-state index in [1.165, 1.54) is 21.6 Å². The monoisotopic (exact) mass is 302 g/mol. The number of hydrogen-bond donors (Lipinski definition) is 2. The Morgan fingerprint density at radius 1 is 1.05 bits per heavy atom. The lowest BCUT2D eigenvalue weighted by Gasteiger charge is -2.07. The summed E-state index contributed by atoms with van der Waals surface area (Å²) in [6.07, 6.45) is 1.75. The number of aryl methyl sites for hydroxylation is 1. The van der Waals surface area contributed by atoms with Crippen LogP contribution in [0.2, 0.25) is 0 Å². The molecule has 0 saturated heterocycles. The van der Waals surface area contributed by atoms with Gasteiger partial charge in [-0.1, -0.05) is 30.3 Å². The van der Waals surface area contributed by atoms with Gasteiger partial charge in [-0.2, -0.15) is 0 Å². The maximum atomic E-state index is 11.7. The van der Waals surface area contributed by atoms with Crippen LogP contribution in [0.5, 0.6) is 0 Å². The zero-order chi connectivity index (χ0) is 15.1. The fourth-order valence-corrected chi connectivity index (χ4v) is 3.07. The van der Waals surface area contributed by atoms with Gasteiger partial charge >= 0.3 is 6.03 Å². The predicted molar refractivity (Wildman–Crippen MR) is 89.0 cm³/mol. The van der Waals surface area contributed by atoms with E-state index >= 15 is 0 Å². The quantitative estimate of drug-likeness (QED) is 0.843. The number of thiophene rings is 1. The lowest BCUT2D eigenvalue weighted by molar-refractivity contribution is 0.241. The molecular weight excluding hydrogens is 280 g/mol. The molecule has 0 saturated carbocycles. The second-order valence-corrected chi connectivity index (χ2v) is 6.19. The van der Waals surface area contributed by atoms with E-state index in [1.807, 2.05) is 18.2 Å². The van der Waals surface area contributed by atoms with Crippen LogP contribution in [-0.2, 0) is 12.8 Å². The number of carbonyl (C=O) groups is 1. The minimum absolute atomic E-state index is 0.0875. The molecule has 1 heterocycles. The Kier molecular flexibility index (Phi) is 5.81. The molecule has 2 aromatic rings. The summed E-state index contributed by atoms with van der Waals surface area (Å²) in [4.78, 5) is 13.1. The van der Waals surface area contributed by atoms with Crippen molar-refractivity contribution in [2.24, 2.45) is 0 Å². The molecule has 2 rings (SSSR count). The molecule has 1 aromatic heterocycles. The third-order valence-corrected chi connectivity index (χ3v) is 4.67. The van der Waals surface area contributed by atoms with E-state index in [2.05, 4.69) is 42.0 Å². The summed E-state index contributed by atoms with van der Waals surface area (Å²) in [5.41, 5.74) is 3.93. The van der Waals surface area contributed by atoms with Crippen LogP contribution in [0, 0.1) is 13.8 Å². The summed E-state index contributed by atoms with van der Waals surface area (Å²) in [6.45, 7) is 5.61. The third kappa shape index (κ3) is 4.90. The van der Waals surface area contributed by atoms with Crippen molar-refractivity contribution in [1.82, 2.24) is 10.6 Å². The van der Waals surface area contributed by atoms with Gasteiger partial charge in [0.15, 0.2) is 0 Å². The van der Waals surface area contributed by atoms with Gasteiger partial charge in [0, 0.05) is 18.0 Å². The molecule has 0 fully saturated rings. The Balaban J connectivity index is 1.63. The molecule has 2 N–H and O–H groups in total. The average molecular weight is 302 g/mol. The molecule has 0 aliphatic heterocycles. The zero-order valence-electron chi connectivity index (χ0n) is 12.6. The van der Waals surface area contributed by atoms with Gasteiger partial charge in [0.05, 0.1) is 0 Å². The van der Waals surface area contributed by atoms with Gasteiger partial charge in [0.2, 0.25) is 0 Å². The lowest BCUT2D eigenvalue weighted by Crippen LogP contribution is -2.37. The van der Waals surface area contributed by atoms with Crippen molar-refractivity contribution in [2.75, 3.05) is 13.1 Å². The SMILES string of the molecule is Cc1scc(CCNC(=O)NCCc2ccccc2)c1C. The van der Waals surface area contributed by atoms with Gasteiger partial charge in [-0.05, 0) is 48.8 Å². The Hall–Kier alpha value is -1.81. The molecule has 0 spiro atoms. The summed E-state index contributed by atoms with van der Waals surface area (Å²) in [5.74, 6) is 0. The number of hydrogen-bond acceptors (Lipinski definition) is 2. The second-order valence-electron chi connectivity index (χ2n) is 5.11. The molecule has 2 amide bonds. The summed E-state index contributed by atoms with van der Waals surface area (Å²) in [7, 11) is 0. The number of urea groups is 1. The van der Waals surface area contributed by atoms with Crippen LogP contribution in [0.3, 0.4) is 0 Å². The van der Waals surface area contributed by atoms with Crippen LogP contribution in [0.15, 0.2) is 35.7 Å². The van der Waals surface area contributed by atoms with Gasteiger partial charge in [-0.3, -0.25) is 0 Å². The summed E-state index contributed by atoms with van der Waals surface area (Å²) in [5, 5.41) is 7.98. The van der Waals surface area contributed by atoms with Crippen LogP contribution >= 0.6 is 11.3 Å². The molecule has 0 atom stereocenters. The molecule has 0 unspecified atom stereocenters. The first-order valence-corrected chi connectivity index (χ1v) is 8.14. The highest BCUT2D eigenvalue weighted by molar-refractivity contribution is 7.10. The van der Waals surface area contributed by atoms with Crippen molar-refractivity contribution in [1.29, 1.82) is 0 Å². The fourth-order valence-electron chi connectivity index (χ4n) is 2.15. The first kappa shape index (κ1) is 15.6. The van der Waals surface area contributed by atoms with E-state index in [-0.39, 0.29) is 6.03 Å². The highest BCUT2D eigenvalue weighted by Gasteiger charge is 2.04. The van der Waals surface area contributed by atoms with E-state index in [9.17, 15) is 4.79 Å². The summed E-state index contributed by atoms with van der Waals surface area (Å²) < 4.78 is 0. The number of nitrogens with one attached hydrogen (secondary N) is 2.